The average molecular weight is 296 g/mol. The summed E-state index contributed by atoms with van der Waals surface area (Å²) in [6, 6.07) is 1.62. The van der Waals surface area contributed by atoms with Gasteiger partial charge in [-0.25, -0.2) is 4.98 Å². The van der Waals surface area contributed by atoms with Crippen molar-refractivity contribution in [3.05, 3.63) is 27.5 Å². The standard InChI is InChI=1S/C9H12BrClN2O2/c10-5-3-6(9(11)13-4-5)8(15)7(14)1-2-12/h3-4,7-8,14-15H,1-2,12H2. The number of pyridine rings is 1. The third-order valence-electron chi connectivity index (χ3n) is 1.98. The van der Waals surface area contributed by atoms with Crippen LogP contribution < -0.4 is 5.73 Å². The molecule has 0 radical (unpaired) electrons. The Morgan fingerprint density at radius 2 is 2.20 bits per heavy atom. The molecule has 0 saturated carbocycles. The molecule has 4 N–H and O–H groups in total. The minimum Gasteiger partial charge on any atom is -0.390 e. The summed E-state index contributed by atoms with van der Waals surface area (Å²) in [5.74, 6) is 0. The van der Waals surface area contributed by atoms with E-state index in [1.807, 2.05) is 0 Å². The van der Waals surface area contributed by atoms with Crippen molar-refractivity contribution >= 4 is 27.5 Å². The van der Waals surface area contributed by atoms with Crippen molar-refractivity contribution in [2.24, 2.45) is 5.73 Å². The van der Waals surface area contributed by atoms with Crippen LogP contribution in [0, 0.1) is 0 Å². The second-order valence-electron chi connectivity index (χ2n) is 3.12. The van der Waals surface area contributed by atoms with E-state index < -0.39 is 12.2 Å². The molecular weight excluding hydrogens is 283 g/mol. The van der Waals surface area contributed by atoms with Crippen LogP contribution in [-0.2, 0) is 0 Å². The molecule has 15 heavy (non-hydrogen) atoms. The van der Waals surface area contributed by atoms with E-state index in [0.717, 1.165) is 0 Å². The summed E-state index contributed by atoms with van der Waals surface area (Å²) in [6.45, 7) is 0.303. The van der Waals surface area contributed by atoms with E-state index in [1.54, 1.807) is 6.07 Å². The van der Waals surface area contributed by atoms with Crippen molar-refractivity contribution in [3.63, 3.8) is 0 Å². The number of nitrogens with two attached hydrogens (primary N) is 1. The third-order valence-corrected chi connectivity index (χ3v) is 2.73. The minimum absolute atomic E-state index is 0.182. The molecule has 1 rings (SSSR count). The fourth-order valence-electron chi connectivity index (χ4n) is 1.18. The zero-order valence-corrected chi connectivity index (χ0v) is 10.2. The molecule has 84 valence electrons. The highest BCUT2D eigenvalue weighted by atomic mass is 79.9. The summed E-state index contributed by atoms with van der Waals surface area (Å²) >= 11 is 9.02. The normalized spacial score (nSPS) is 15.0. The average Bonchev–Trinajstić information content (AvgIpc) is 2.21. The van der Waals surface area contributed by atoms with Crippen LogP contribution >= 0.6 is 27.5 Å². The van der Waals surface area contributed by atoms with Crippen LogP contribution in [0.3, 0.4) is 0 Å². The van der Waals surface area contributed by atoms with Gasteiger partial charge in [0, 0.05) is 16.2 Å². The Hall–Kier alpha value is -0.200. The van der Waals surface area contributed by atoms with Crippen molar-refractivity contribution in [1.29, 1.82) is 0 Å². The molecule has 0 aromatic carbocycles. The molecule has 0 aliphatic rings. The Bertz CT molecular complexity index is 338. The molecular formula is C9H12BrClN2O2. The van der Waals surface area contributed by atoms with Gasteiger partial charge in [0.1, 0.15) is 11.3 Å². The van der Waals surface area contributed by atoms with Gasteiger partial charge in [-0.05, 0) is 35.0 Å². The molecule has 0 saturated heterocycles. The number of aliphatic hydroxyl groups is 2. The highest BCUT2D eigenvalue weighted by Gasteiger charge is 2.20. The number of aromatic nitrogens is 1. The molecule has 1 aromatic heterocycles. The highest BCUT2D eigenvalue weighted by molar-refractivity contribution is 9.10. The Morgan fingerprint density at radius 3 is 2.80 bits per heavy atom. The largest absolute Gasteiger partial charge is 0.390 e. The van der Waals surface area contributed by atoms with Gasteiger partial charge in [-0.1, -0.05) is 11.6 Å². The van der Waals surface area contributed by atoms with E-state index in [4.69, 9.17) is 17.3 Å². The molecule has 0 spiro atoms. The summed E-state index contributed by atoms with van der Waals surface area (Å²) in [7, 11) is 0. The summed E-state index contributed by atoms with van der Waals surface area (Å²) in [5.41, 5.74) is 5.68. The van der Waals surface area contributed by atoms with E-state index in [1.165, 1.54) is 6.20 Å². The lowest BCUT2D eigenvalue weighted by atomic mass is 10.0. The second kappa shape index (κ2) is 5.77. The summed E-state index contributed by atoms with van der Waals surface area (Å²) < 4.78 is 0.695. The number of nitrogens with zero attached hydrogens (tertiary/aromatic N) is 1. The maximum atomic E-state index is 9.77. The van der Waals surface area contributed by atoms with E-state index in [0.29, 0.717) is 23.0 Å². The topological polar surface area (TPSA) is 79.4 Å². The molecule has 1 aromatic rings. The van der Waals surface area contributed by atoms with Crippen molar-refractivity contribution in [3.8, 4) is 0 Å². The molecule has 0 aliphatic carbocycles. The molecule has 0 bridgehead atoms. The number of rotatable bonds is 4. The first kappa shape index (κ1) is 12.9. The first-order chi connectivity index (χ1) is 7.06. The smallest absolute Gasteiger partial charge is 0.134 e. The van der Waals surface area contributed by atoms with E-state index in [2.05, 4.69) is 20.9 Å². The highest BCUT2D eigenvalue weighted by Crippen LogP contribution is 2.27. The summed E-state index contributed by atoms with van der Waals surface area (Å²) in [4.78, 5) is 3.86. The fourth-order valence-corrected chi connectivity index (χ4v) is 1.75. The molecule has 0 fully saturated rings. The minimum atomic E-state index is -1.06. The quantitative estimate of drug-likeness (QED) is 0.730. The number of hydrogen-bond donors (Lipinski definition) is 3. The first-order valence-corrected chi connectivity index (χ1v) is 5.60. The maximum absolute atomic E-state index is 9.77. The van der Waals surface area contributed by atoms with E-state index in [-0.39, 0.29) is 5.15 Å². The third kappa shape index (κ3) is 3.39. The van der Waals surface area contributed by atoms with Gasteiger partial charge in [0.25, 0.3) is 0 Å². The van der Waals surface area contributed by atoms with Crippen molar-refractivity contribution in [1.82, 2.24) is 4.98 Å². The summed E-state index contributed by atoms with van der Waals surface area (Å²) in [5, 5.41) is 19.5. The second-order valence-corrected chi connectivity index (χ2v) is 4.40. The monoisotopic (exact) mass is 294 g/mol. The Kier molecular flexibility index (Phi) is 4.95. The van der Waals surface area contributed by atoms with Gasteiger partial charge in [-0.3, -0.25) is 0 Å². The van der Waals surface area contributed by atoms with Crippen LogP contribution in [0.1, 0.15) is 18.1 Å². The first-order valence-electron chi connectivity index (χ1n) is 4.43. The van der Waals surface area contributed by atoms with Crippen LogP contribution in [0.4, 0.5) is 0 Å². The van der Waals surface area contributed by atoms with Gasteiger partial charge in [-0.15, -0.1) is 0 Å². The van der Waals surface area contributed by atoms with Crippen molar-refractivity contribution in [2.75, 3.05) is 6.54 Å². The lowest BCUT2D eigenvalue weighted by Crippen LogP contribution is -2.22. The van der Waals surface area contributed by atoms with E-state index in [9.17, 15) is 10.2 Å². The lowest BCUT2D eigenvalue weighted by molar-refractivity contribution is 0.0148. The predicted molar refractivity (Wildman–Crippen MR) is 61.6 cm³/mol. The molecule has 0 aliphatic heterocycles. The van der Waals surface area contributed by atoms with Crippen LogP contribution in [0.15, 0.2) is 16.7 Å². The van der Waals surface area contributed by atoms with Crippen LogP contribution in [-0.4, -0.2) is 27.8 Å². The van der Waals surface area contributed by atoms with E-state index >= 15 is 0 Å². The van der Waals surface area contributed by atoms with Crippen LogP contribution in [0.5, 0.6) is 0 Å². The zero-order valence-electron chi connectivity index (χ0n) is 7.90. The van der Waals surface area contributed by atoms with Gasteiger partial charge < -0.3 is 15.9 Å². The zero-order chi connectivity index (χ0) is 11.4. The number of aliphatic hydroxyl groups excluding tert-OH is 2. The fraction of sp³-hybridized carbons (Fsp3) is 0.444. The Labute approximate surface area is 101 Å². The van der Waals surface area contributed by atoms with Gasteiger partial charge >= 0.3 is 0 Å². The molecule has 1 heterocycles. The number of halogens is 2. The van der Waals surface area contributed by atoms with Crippen molar-refractivity contribution in [2.45, 2.75) is 18.6 Å². The van der Waals surface area contributed by atoms with Crippen molar-refractivity contribution < 1.29 is 10.2 Å². The lowest BCUT2D eigenvalue weighted by Gasteiger charge is -2.18. The Balaban J connectivity index is 2.89. The van der Waals surface area contributed by atoms with Gasteiger partial charge in [0.15, 0.2) is 0 Å². The molecule has 6 heteroatoms. The van der Waals surface area contributed by atoms with Gasteiger partial charge in [-0.2, -0.15) is 0 Å². The summed E-state index contributed by atoms with van der Waals surface area (Å²) in [6.07, 6.45) is -0.160. The maximum Gasteiger partial charge on any atom is 0.134 e. The predicted octanol–water partition coefficient (Wildman–Crippen LogP) is 1.24. The SMILES string of the molecule is NCCC(O)C(O)c1cc(Br)cnc1Cl. The van der Waals surface area contributed by atoms with Crippen LogP contribution in [0.2, 0.25) is 5.15 Å². The number of hydrogen-bond acceptors (Lipinski definition) is 4. The Morgan fingerprint density at radius 1 is 1.53 bits per heavy atom. The molecule has 2 atom stereocenters. The molecule has 2 unspecified atom stereocenters. The molecule has 4 nitrogen and oxygen atoms in total. The molecule has 0 amide bonds. The van der Waals surface area contributed by atoms with Gasteiger partial charge in [0.2, 0.25) is 0 Å². The van der Waals surface area contributed by atoms with Gasteiger partial charge in [0.05, 0.1) is 6.10 Å². The van der Waals surface area contributed by atoms with Crippen LogP contribution in [0.25, 0.3) is 0 Å².